The van der Waals surface area contributed by atoms with E-state index < -0.39 is 14.4 Å². The summed E-state index contributed by atoms with van der Waals surface area (Å²) < 4.78 is 6.07. The molecule has 0 aromatic heterocycles. The van der Waals surface area contributed by atoms with Crippen LogP contribution in [0.1, 0.15) is 43.9 Å². The monoisotopic (exact) mass is 322 g/mol. The molecule has 1 aromatic rings. The second-order valence-electron chi connectivity index (χ2n) is 7.99. The van der Waals surface area contributed by atoms with Crippen LogP contribution in [0.15, 0.2) is 12.1 Å². The topological polar surface area (TPSA) is 49.7 Å². The highest BCUT2D eigenvalue weighted by molar-refractivity contribution is 6.74. The summed E-state index contributed by atoms with van der Waals surface area (Å²) in [4.78, 5) is 0. The lowest BCUT2D eigenvalue weighted by molar-refractivity contribution is 0.0995. The van der Waals surface area contributed by atoms with E-state index in [4.69, 9.17) is 4.43 Å². The standard InChI is InChI=1S/C18H30O3Si/c1-18(2,3)22(4,5)21-12-15(19)11-14-10-9-13-7-6-8-16(13)17(14)20/h9-10,15,19-20H,6-8,11-12H2,1-5H3. The van der Waals surface area contributed by atoms with Gasteiger partial charge in [-0.1, -0.05) is 32.9 Å². The predicted molar refractivity (Wildman–Crippen MR) is 93.0 cm³/mol. The number of phenolic OH excluding ortho intramolecular Hbond substituents is 1. The van der Waals surface area contributed by atoms with Crippen molar-refractivity contribution in [1.82, 2.24) is 0 Å². The number of aliphatic hydroxyl groups excluding tert-OH is 1. The van der Waals surface area contributed by atoms with Gasteiger partial charge in [-0.25, -0.2) is 0 Å². The number of hydrogen-bond acceptors (Lipinski definition) is 3. The molecule has 0 heterocycles. The number of benzene rings is 1. The van der Waals surface area contributed by atoms with Gasteiger partial charge < -0.3 is 14.6 Å². The van der Waals surface area contributed by atoms with E-state index in [-0.39, 0.29) is 5.04 Å². The first-order valence-electron chi connectivity index (χ1n) is 8.26. The van der Waals surface area contributed by atoms with Gasteiger partial charge in [0.15, 0.2) is 8.32 Å². The Kier molecular flexibility index (Phi) is 5.05. The molecule has 124 valence electrons. The van der Waals surface area contributed by atoms with E-state index in [0.29, 0.717) is 18.8 Å². The number of aliphatic hydroxyl groups is 1. The Morgan fingerprint density at radius 3 is 2.55 bits per heavy atom. The van der Waals surface area contributed by atoms with Gasteiger partial charge >= 0.3 is 0 Å². The molecule has 1 aromatic carbocycles. The summed E-state index contributed by atoms with van der Waals surface area (Å²) in [7, 11) is -1.84. The molecular weight excluding hydrogens is 292 g/mol. The molecule has 1 aliphatic carbocycles. The summed E-state index contributed by atoms with van der Waals surface area (Å²) >= 11 is 0. The Labute approximate surface area is 135 Å². The zero-order chi connectivity index (χ0) is 16.5. The summed E-state index contributed by atoms with van der Waals surface area (Å²) in [5.41, 5.74) is 3.18. The molecule has 1 unspecified atom stereocenters. The largest absolute Gasteiger partial charge is 0.507 e. The van der Waals surface area contributed by atoms with Crippen molar-refractivity contribution in [3.8, 4) is 5.75 Å². The van der Waals surface area contributed by atoms with Crippen LogP contribution in [-0.2, 0) is 23.7 Å². The van der Waals surface area contributed by atoms with Crippen LogP contribution in [0.2, 0.25) is 18.1 Å². The van der Waals surface area contributed by atoms with Gasteiger partial charge in [-0.15, -0.1) is 0 Å². The molecule has 2 rings (SSSR count). The Hall–Kier alpha value is -0.843. The molecule has 0 saturated carbocycles. The molecule has 0 amide bonds. The molecule has 1 aliphatic rings. The molecule has 0 aliphatic heterocycles. The predicted octanol–water partition coefficient (Wildman–Crippen LogP) is 3.81. The first-order chi connectivity index (χ1) is 10.1. The summed E-state index contributed by atoms with van der Waals surface area (Å²) in [6, 6.07) is 4.05. The molecule has 0 bridgehead atoms. The maximum atomic E-state index is 10.4. The van der Waals surface area contributed by atoms with E-state index in [1.807, 2.05) is 6.07 Å². The van der Waals surface area contributed by atoms with Crippen molar-refractivity contribution in [2.45, 2.75) is 70.7 Å². The zero-order valence-corrected chi connectivity index (χ0v) is 15.6. The van der Waals surface area contributed by atoms with Crippen molar-refractivity contribution >= 4 is 8.32 Å². The van der Waals surface area contributed by atoms with Crippen molar-refractivity contribution in [2.75, 3.05) is 6.61 Å². The number of phenols is 1. The second-order valence-corrected chi connectivity index (χ2v) is 12.8. The van der Waals surface area contributed by atoms with Crippen molar-refractivity contribution in [3.05, 3.63) is 28.8 Å². The second kappa shape index (κ2) is 6.34. The highest BCUT2D eigenvalue weighted by Crippen LogP contribution is 2.37. The Morgan fingerprint density at radius 1 is 1.23 bits per heavy atom. The zero-order valence-electron chi connectivity index (χ0n) is 14.6. The molecule has 2 N–H and O–H groups in total. The molecule has 0 spiro atoms. The van der Waals surface area contributed by atoms with Gasteiger partial charge in [0.2, 0.25) is 0 Å². The number of hydrogen-bond donors (Lipinski definition) is 2. The molecule has 0 radical (unpaired) electrons. The Balaban J connectivity index is 1.97. The summed E-state index contributed by atoms with van der Waals surface area (Å²) in [5.74, 6) is 0.390. The van der Waals surface area contributed by atoms with Gasteiger partial charge in [-0.05, 0) is 54.1 Å². The average molecular weight is 323 g/mol. The number of aryl methyl sites for hydroxylation is 1. The van der Waals surface area contributed by atoms with E-state index in [0.717, 1.165) is 30.4 Å². The Bertz CT molecular complexity index is 532. The van der Waals surface area contributed by atoms with Gasteiger partial charge in [0.1, 0.15) is 5.75 Å². The molecule has 22 heavy (non-hydrogen) atoms. The number of rotatable bonds is 5. The van der Waals surface area contributed by atoms with Gasteiger partial charge in [-0.2, -0.15) is 0 Å². The lowest BCUT2D eigenvalue weighted by Gasteiger charge is -2.36. The number of fused-ring (bicyclic) bond motifs is 1. The molecular formula is C18H30O3Si. The fourth-order valence-electron chi connectivity index (χ4n) is 2.69. The molecule has 1 atom stereocenters. The van der Waals surface area contributed by atoms with E-state index in [2.05, 4.69) is 39.9 Å². The van der Waals surface area contributed by atoms with E-state index >= 15 is 0 Å². The van der Waals surface area contributed by atoms with Crippen LogP contribution in [0.3, 0.4) is 0 Å². The van der Waals surface area contributed by atoms with Crippen LogP contribution < -0.4 is 0 Å². The number of aromatic hydroxyl groups is 1. The van der Waals surface area contributed by atoms with Crippen molar-refractivity contribution in [1.29, 1.82) is 0 Å². The van der Waals surface area contributed by atoms with Crippen LogP contribution >= 0.6 is 0 Å². The maximum Gasteiger partial charge on any atom is 0.192 e. The minimum absolute atomic E-state index is 0.141. The first kappa shape index (κ1) is 17.5. The minimum Gasteiger partial charge on any atom is -0.507 e. The fraction of sp³-hybridized carbons (Fsp3) is 0.667. The first-order valence-corrected chi connectivity index (χ1v) is 11.2. The van der Waals surface area contributed by atoms with Gasteiger partial charge in [0.05, 0.1) is 12.7 Å². The third-order valence-electron chi connectivity index (χ3n) is 5.23. The van der Waals surface area contributed by atoms with Crippen molar-refractivity contribution in [2.24, 2.45) is 0 Å². The summed E-state index contributed by atoms with van der Waals surface area (Å²) in [6.07, 6.45) is 3.00. The molecule has 3 nitrogen and oxygen atoms in total. The lowest BCUT2D eigenvalue weighted by Crippen LogP contribution is -2.42. The SMILES string of the molecule is CC(C)(C)[Si](C)(C)OCC(O)Cc1ccc2c(c1O)CCC2. The minimum atomic E-state index is -1.84. The van der Waals surface area contributed by atoms with Crippen LogP contribution in [-0.4, -0.2) is 31.2 Å². The molecule has 0 fully saturated rings. The third kappa shape index (κ3) is 3.73. The fourth-order valence-corrected chi connectivity index (χ4v) is 3.74. The van der Waals surface area contributed by atoms with Crippen LogP contribution in [0.4, 0.5) is 0 Å². The highest BCUT2D eigenvalue weighted by atomic mass is 28.4. The summed E-state index contributed by atoms with van der Waals surface area (Å²) in [5, 5.41) is 20.8. The van der Waals surface area contributed by atoms with Crippen molar-refractivity contribution in [3.63, 3.8) is 0 Å². The van der Waals surface area contributed by atoms with Gasteiger partial charge in [0, 0.05) is 6.42 Å². The van der Waals surface area contributed by atoms with Crippen LogP contribution in [0, 0.1) is 0 Å². The normalized spacial score (nSPS) is 16.6. The van der Waals surface area contributed by atoms with Crippen LogP contribution in [0.25, 0.3) is 0 Å². The van der Waals surface area contributed by atoms with Crippen molar-refractivity contribution < 1.29 is 14.6 Å². The highest BCUT2D eigenvalue weighted by Gasteiger charge is 2.37. The molecule has 4 heteroatoms. The van der Waals surface area contributed by atoms with Gasteiger partial charge in [0.25, 0.3) is 0 Å². The summed E-state index contributed by atoms with van der Waals surface area (Å²) in [6.45, 7) is 11.3. The van der Waals surface area contributed by atoms with E-state index in [1.54, 1.807) is 0 Å². The third-order valence-corrected chi connectivity index (χ3v) is 9.74. The average Bonchev–Trinajstić information content (AvgIpc) is 2.88. The smallest absolute Gasteiger partial charge is 0.192 e. The maximum absolute atomic E-state index is 10.4. The van der Waals surface area contributed by atoms with E-state index in [1.165, 1.54) is 5.56 Å². The lowest BCUT2D eigenvalue weighted by atomic mass is 10.0. The molecule has 0 saturated heterocycles. The quantitative estimate of drug-likeness (QED) is 0.811. The van der Waals surface area contributed by atoms with Crippen LogP contribution in [0.5, 0.6) is 5.75 Å². The van der Waals surface area contributed by atoms with Gasteiger partial charge in [-0.3, -0.25) is 0 Å². The van der Waals surface area contributed by atoms with E-state index in [9.17, 15) is 10.2 Å². The Morgan fingerprint density at radius 2 is 1.91 bits per heavy atom.